The van der Waals surface area contributed by atoms with E-state index < -0.39 is 21.6 Å². The molecule has 11 heteroatoms. The van der Waals surface area contributed by atoms with E-state index >= 15 is 0 Å². The van der Waals surface area contributed by atoms with E-state index in [1.807, 2.05) is 17.9 Å². The van der Waals surface area contributed by atoms with E-state index in [1.54, 1.807) is 31.2 Å². The van der Waals surface area contributed by atoms with Gasteiger partial charge in [-0.3, -0.25) is 4.79 Å². The van der Waals surface area contributed by atoms with Gasteiger partial charge in [0.15, 0.2) is 9.84 Å². The van der Waals surface area contributed by atoms with Crippen LogP contribution in [0, 0.1) is 0 Å². The maximum absolute atomic E-state index is 12.9. The third-order valence-electron chi connectivity index (χ3n) is 6.50. The van der Waals surface area contributed by atoms with Crippen LogP contribution in [0.25, 0.3) is 0 Å². The Morgan fingerprint density at radius 2 is 1.76 bits per heavy atom. The highest BCUT2D eigenvalue weighted by Crippen LogP contribution is 2.34. The largest absolute Gasteiger partial charge is 0.419 e. The van der Waals surface area contributed by atoms with Crippen LogP contribution in [0.15, 0.2) is 59.8 Å². The lowest BCUT2D eigenvalue weighted by molar-refractivity contribution is -0.138. The molecule has 1 atom stereocenters. The number of aromatic nitrogens is 2. The first kappa shape index (κ1) is 26.6. The number of anilines is 1. The zero-order valence-electron chi connectivity index (χ0n) is 20.4. The van der Waals surface area contributed by atoms with Crippen LogP contribution in [-0.4, -0.2) is 36.6 Å². The van der Waals surface area contributed by atoms with Gasteiger partial charge in [0, 0.05) is 43.5 Å². The summed E-state index contributed by atoms with van der Waals surface area (Å²) >= 11 is 0. The van der Waals surface area contributed by atoms with Crippen LogP contribution in [-0.2, 0) is 29.1 Å². The second kappa shape index (κ2) is 10.5. The zero-order valence-corrected chi connectivity index (χ0v) is 21.2. The van der Waals surface area contributed by atoms with Crippen LogP contribution < -0.4 is 10.2 Å². The first-order chi connectivity index (χ1) is 17.5. The topological polar surface area (TPSA) is 92.3 Å². The van der Waals surface area contributed by atoms with Crippen molar-refractivity contribution in [2.75, 3.05) is 17.2 Å². The molecule has 1 aliphatic heterocycles. The minimum atomic E-state index is -4.50. The van der Waals surface area contributed by atoms with Gasteiger partial charge in [-0.05, 0) is 47.4 Å². The normalized spacial score (nSPS) is 15.8. The van der Waals surface area contributed by atoms with Gasteiger partial charge in [0.1, 0.15) is 0 Å². The number of rotatable bonds is 7. The molecular formula is C26H27F3N4O3S. The molecule has 1 N–H and O–H groups in total. The van der Waals surface area contributed by atoms with Crippen molar-refractivity contribution in [3.05, 3.63) is 82.7 Å². The number of carbonyl (C=O) groups excluding carboxylic acids is 1. The van der Waals surface area contributed by atoms with Crippen molar-refractivity contribution in [3.8, 4) is 0 Å². The molecule has 1 aromatic heterocycles. The fourth-order valence-electron chi connectivity index (χ4n) is 4.31. The maximum atomic E-state index is 12.9. The zero-order chi connectivity index (χ0) is 26.8. The Morgan fingerprint density at radius 3 is 2.35 bits per heavy atom. The fourth-order valence-corrected chi connectivity index (χ4v) is 5.20. The number of alkyl halides is 3. The number of halogens is 3. The lowest BCUT2D eigenvalue weighted by Crippen LogP contribution is -2.35. The van der Waals surface area contributed by atoms with Crippen LogP contribution in [0.4, 0.5) is 19.1 Å². The number of sulfone groups is 1. The number of nitrogens with one attached hydrogen (secondary N) is 1. The van der Waals surface area contributed by atoms with Crippen molar-refractivity contribution in [2.45, 2.75) is 50.3 Å². The summed E-state index contributed by atoms with van der Waals surface area (Å²) < 4.78 is 62.6. The average molecular weight is 533 g/mol. The van der Waals surface area contributed by atoms with E-state index in [0.717, 1.165) is 35.5 Å². The Balaban J connectivity index is 1.48. The van der Waals surface area contributed by atoms with E-state index in [0.29, 0.717) is 18.7 Å². The molecule has 1 aliphatic rings. The van der Waals surface area contributed by atoms with Gasteiger partial charge >= 0.3 is 6.18 Å². The van der Waals surface area contributed by atoms with Crippen LogP contribution >= 0.6 is 0 Å². The van der Waals surface area contributed by atoms with Gasteiger partial charge in [-0.2, -0.15) is 13.2 Å². The molecule has 1 amide bonds. The number of benzene rings is 2. The highest BCUT2D eigenvalue weighted by atomic mass is 32.2. The molecule has 0 fully saturated rings. The van der Waals surface area contributed by atoms with E-state index in [4.69, 9.17) is 0 Å². The van der Waals surface area contributed by atoms with Crippen molar-refractivity contribution in [3.63, 3.8) is 0 Å². The van der Waals surface area contributed by atoms with Gasteiger partial charge in [0.25, 0.3) is 5.91 Å². The van der Waals surface area contributed by atoms with Crippen molar-refractivity contribution in [2.24, 2.45) is 0 Å². The summed E-state index contributed by atoms with van der Waals surface area (Å²) in [5, 5.41) is 2.85. The number of nitrogens with zero attached hydrogens (tertiary/aromatic N) is 3. The van der Waals surface area contributed by atoms with Gasteiger partial charge in [-0.25, -0.2) is 18.4 Å². The fraction of sp³-hybridized carbons (Fsp3) is 0.346. The Bertz CT molecular complexity index is 1380. The third-order valence-corrected chi connectivity index (χ3v) is 8.25. The van der Waals surface area contributed by atoms with E-state index in [2.05, 4.69) is 15.3 Å². The lowest BCUT2D eigenvalue weighted by Gasteiger charge is -2.34. The number of hydrogen-bond donors (Lipinski definition) is 1. The molecule has 2 aromatic carbocycles. The number of carbonyl (C=O) groups is 1. The molecule has 196 valence electrons. The third kappa shape index (κ3) is 5.93. The minimum absolute atomic E-state index is 0.0166. The SMILES string of the molecule is CCC1CN(c2ncc(C(F)(F)F)cn2)Cc2cc(C(=O)NCc3ccc(S(=O)(=O)CC)cc3)ccc21. The highest BCUT2D eigenvalue weighted by Gasteiger charge is 2.32. The van der Waals surface area contributed by atoms with Crippen molar-refractivity contribution in [1.82, 2.24) is 15.3 Å². The second-order valence-corrected chi connectivity index (χ2v) is 11.2. The number of hydrogen-bond acceptors (Lipinski definition) is 6. The first-order valence-electron chi connectivity index (χ1n) is 11.9. The quantitative estimate of drug-likeness (QED) is 0.473. The summed E-state index contributed by atoms with van der Waals surface area (Å²) in [7, 11) is -3.29. The average Bonchev–Trinajstić information content (AvgIpc) is 2.90. The molecule has 0 spiro atoms. The molecule has 2 heterocycles. The molecule has 37 heavy (non-hydrogen) atoms. The standard InChI is InChI=1S/C26H27F3N4O3S/c1-3-18-15-33(25-31-13-21(14-32-25)26(27,28)29)16-20-11-19(7-10-23(18)20)24(34)30-12-17-5-8-22(9-6-17)37(35,36)4-2/h5-11,13-14,18H,3-4,12,15-16H2,1-2H3,(H,30,34). The van der Waals surface area contributed by atoms with E-state index in [9.17, 15) is 26.4 Å². The van der Waals surface area contributed by atoms with Crippen molar-refractivity contribution >= 4 is 21.7 Å². The second-order valence-electron chi connectivity index (χ2n) is 8.90. The molecule has 0 bridgehead atoms. The predicted octanol–water partition coefficient (Wildman–Crippen LogP) is 4.73. The first-order valence-corrected chi connectivity index (χ1v) is 13.5. The smallest absolute Gasteiger partial charge is 0.348 e. The van der Waals surface area contributed by atoms with Gasteiger partial charge in [0.2, 0.25) is 5.95 Å². The molecule has 7 nitrogen and oxygen atoms in total. The maximum Gasteiger partial charge on any atom is 0.419 e. The summed E-state index contributed by atoms with van der Waals surface area (Å²) in [6.07, 6.45) is -2.13. The summed E-state index contributed by atoms with van der Waals surface area (Å²) in [5.74, 6) is 0.0529. The molecule has 0 saturated carbocycles. The summed E-state index contributed by atoms with van der Waals surface area (Å²) in [5.41, 5.74) is 2.30. The summed E-state index contributed by atoms with van der Waals surface area (Å²) in [4.78, 5) is 22.8. The van der Waals surface area contributed by atoms with Crippen molar-refractivity contribution < 1.29 is 26.4 Å². The number of fused-ring (bicyclic) bond motifs is 1. The van der Waals surface area contributed by atoms with Crippen LogP contribution in [0.1, 0.15) is 58.8 Å². The molecule has 0 aliphatic carbocycles. The molecule has 0 radical (unpaired) electrons. The van der Waals surface area contributed by atoms with Gasteiger partial charge in [-0.15, -0.1) is 0 Å². The Kier molecular flexibility index (Phi) is 7.54. The van der Waals surface area contributed by atoms with Gasteiger partial charge in [-0.1, -0.05) is 32.0 Å². The highest BCUT2D eigenvalue weighted by molar-refractivity contribution is 7.91. The van der Waals surface area contributed by atoms with Crippen LogP contribution in [0.5, 0.6) is 0 Å². The molecular weight excluding hydrogens is 505 g/mol. The Morgan fingerprint density at radius 1 is 1.08 bits per heavy atom. The van der Waals surface area contributed by atoms with E-state index in [1.165, 1.54) is 12.1 Å². The van der Waals surface area contributed by atoms with Gasteiger partial charge < -0.3 is 10.2 Å². The molecule has 3 aromatic rings. The molecule has 0 saturated heterocycles. The van der Waals surface area contributed by atoms with Crippen LogP contribution in [0.2, 0.25) is 0 Å². The Labute approximate surface area is 213 Å². The monoisotopic (exact) mass is 532 g/mol. The van der Waals surface area contributed by atoms with Gasteiger partial charge in [0.05, 0.1) is 16.2 Å². The molecule has 4 rings (SSSR count). The minimum Gasteiger partial charge on any atom is -0.348 e. The van der Waals surface area contributed by atoms with Crippen molar-refractivity contribution in [1.29, 1.82) is 0 Å². The summed E-state index contributed by atoms with van der Waals surface area (Å²) in [6, 6.07) is 11.9. The Hall–Kier alpha value is -3.47. The van der Waals surface area contributed by atoms with Crippen LogP contribution in [0.3, 0.4) is 0 Å². The predicted molar refractivity (Wildman–Crippen MR) is 133 cm³/mol. The lowest BCUT2D eigenvalue weighted by atomic mass is 9.87. The number of amides is 1. The van der Waals surface area contributed by atoms with E-state index in [-0.39, 0.29) is 35.0 Å². The molecule has 1 unspecified atom stereocenters. The summed E-state index contributed by atoms with van der Waals surface area (Å²) in [6.45, 7) is 4.77.